The average molecular weight is 311 g/mol. The van der Waals surface area contributed by atoms with Crippen molar-refractivity contribution in [1.29, 1.82) is 0 Å². The SMILES string of the molecule is COCCCCNCc1c(C(=O)O)sc2cccc(F)c12. The lowest BCUT2D eigenvalue weighted by Gasteiger charge is -2.06. The zero-order valence-electron chi connectivity index (χ0n) is 11.8. The van der Waals surface area contributed by atoms with Crippen LogP contribution in [0.1, 0.15) is 28.1 Å². The minimum atomic E-state index is -1.01. The zero-order chi connectivity index (χ0) is 15.2. The lowest BCUT2D eigenvalue weighted by atomic mass is 10.1. The molecule has 4 nitrogen and oxygen atoms in total. The number of carboxylic acid groups (broad SMARTS) is 1. The smallest absolute Gasteiger partial charge is 0.346 e. The minimum Gasteiger partial charge on any atom is -0.477 e. The molecule has 2 aromatic rings. The van der Waals surface area contributed by atoms with Crippen LogP contribution in [0.5, 0.6) is 0 Å². The molecule has 0 spiro atoms. The Hall–Kier alpha value is -1.50. The number of ether oxygens (including phenoxy) is 1. The lowest BCUT2D eigenvalue weighted by Crippen LogP contribution is -2.16. The number of methoxy groups -OCH3 is 1. The molecule has 0 fully saturated rings. The molecule has 0 radical (unpaired) electrons. The summed E-state index contributed by atoms with van der Waals surface area (Å²) in [5.41, 5.74) is 0.535. The highest BCUT2D eigenvalue weighted by Gasteiger charge is 2.19. The molecule has 0 unspecified atom stereocenters. The molecular formula is C15H18FNO3S. The second kappa shape index (κ2) is 7.49. The van der Waals surface area contributed by atoms with E-state index in [1.807, 2.05) is 0 Å². The highest BCUT2D eigenvalue weighted by Crippen LogP contribution is 2.33. The van der Waals surface area contributed by atoms with Gasteiger partial charge in [-0.1, -0.05) is 6.07 Å². The van der Waals surface area contributed by atoms with Gasteiger partial charge in [0.15, 0.2) is 0 Å². The maximum absolute atomic E-state index is 14.0. The molecule has 0 saturated heterocycles. The Balaban J connectivity index is 2.13. The van der Waals surface area contributed by atoms with Gasteiger partial charge in [0.1, 0.15) is 10.7 Å². The van der Waals surface area contributed by atoms with Gasteiger partial charge < -0.3 is 15.2 Å². The summed E-state index contributed by atoms with van der Waals surface area (Å²) in [6, 6.07) is 4.71. The second-order valence-corrected chi connectivity index (χ2v) is 5.76. The van der Waals surface area contributed by atoms with Gasteiger partial charge in [-0.25, -0.2) is 9.18 Å². The molecule has 2 rings (SSSR count). The first-order chi connectivity index (χ1) is 10.1. The number of fused-ring (bicyclic) bond motifs is 1. The number of carbonyl (C=O) groups is 1. The van der Waals surface area contributed by atoms with Crippen LogP contribution in [-0.4, -0.2) is 31.3 Å². The summed E-state index contributed by atoms with van der Waals surface area (Å²) < 4.78 is 19.6. The molecule has 2 N–H and O–H groups in total. The third-order valence-electron chi connectivity index (χ3n) is 3.21. The molecule has 0 saturated carbocycles. The average Bonchev–Trinajstić information content (AvgIpc) is 2.83. The van der Waals surface area contributed by atoms with E-state index < -0.39 is 5.97 Å². The lowest BCUT2D eigenvalue weighted by molar-refractivity contribution is 0.0701. The van der Waals surface area contributed by atoms with E-state index in [4.69, 9.17) is 4.74 Å². The molecule has 21 heavy (non-hydrogen) atoms. The Morgan fingerprint density at radius 1 is 1.43 bits per heavy atom. The van der Waals surface area contributed by atoms with Gasteiger partial charge in [0.05, 0.1) is 0 Å². The van der Waals surface area contributed by atoms with Gasteiger partial charge in [0.2, 0.25) is 0 Å². The molecule has 1 aromatic carbocycles. The van der Waals surface area contributed by atoms with Gasteiger partial charge in [0, 0.05) is 35.9 Å². The van der Waals surface area contributed by atoms with Crippen molar-refractivity contribution >= 4 is 27.4 Å². The summed E-state index contributed by atoms with van der Waals surface area (Å²) in [5, 5.41) is 12.9. The molecule has 6 heteroatoms. The summed E-state index contributed by atoms with van der Waals surface area (Å²) in [7, 11) is 1.66. The molecule has 1 aromatic heterocycles. The van der Waals surface area contributed by atoms with Crippen LogP contribution in [0.4, 0.5) is 4.39 Å². The zero-order valence-corrected chi connectivity index (χ0v) is 12.6. The van der Waals surface area contributed by atoms with E-state index in [-0.39, 0.29) is 10.7 Å². The quantitative estimate of drug-likeness (QED) is 0.735. The van der Waals surface area contributed by atoms with Gasteiger partial charge in [-0.2, -0.15) is 0 Å². The number of carboxylic acids is 1. The summed E-state index contributed by atoms with van der Waals surface area (Å²) >= 11 is 1.12. The summed E-state index contributed by atoms with van der Waals surface area (Å²) in [6.45, 7) is 1.81. The van der Waals surface area contributed by atoms with Crippen LogP contribution in [0.2, 0.25) is 0 Å². The fourth-order valence-corrected chi connectivity index (χ4v) is 3.29. The number of unbranched alkanes of at least 4 members (excludes halogenated alkanes) is 1. The van der Waals surface area contributed by atoms with Crippen LogP contribution < -0.4 is 5.32 Å². The van der Waals surface area contributed by atoms with E-state index in [0.717, 1.165) is 30.7 Å². The van der Waals surface area contributed by atoms with Gasteiger partial charge in [0.25, 0.3) is 0 Å². The molecule has 1 heterocycles. The molecule has 0 bridgehead atoms. The third-order valence-corrected chi connectivity index (χ3v) is 4.40. The monoisotopic (exact) mass is 311 g/mol. The normalized spacial score (nSPS) is 11.1. The molecule has 0 atom stereocenters. The van der Waals surface area contributed by atoms with E-state index in [2.05, 4.69) is 5.32 Å². The Bertz CT molecular complexity index is 627. The molecule has 0 amide bonds. The number of rotatable bonds is 8. The van der Waals surface area contributed by atoms with Gasteiger partial charge in [-0.15, -0.1) is 11.3 Å². The van der Waals surface area contributed by atoms with Crippen molar-refractivity contribution in [3.8, 4) is 0 Å². The molecule has 0 aliphatic carbocycles. The maximum Gasteiger partial charge on any atom is 0.346 e. The van der Waals surface area contributed by atoms with Crippen molar-refractivity contribution in [1.82, 2.24) is 5.32 Å². The van der Waals surface area contributed by atoms with Crippen LogP contribution in [0.3, 0.4) is 0 Å². The van der Waals surface area contributed by atoms with Crippen molar-refractivity contribution in [2.24, 2.45) is 0 Å². The van der Waals surface area contributed by atoms with Crippen molar-refractivity contribution in [3.63, 3.8) is 0 Å². The molecule has 0 aliphatic heterocycles. The van der Waals surface area contributed by atoms with Crippen LogP contribution in [0.25, 0.3) is 10.1 Å². The van der Waals surface area contributed by atoms with E-state index in [1.165, 1.54) is 6.07 Å². The molecule has 114 valence electrons. The summed E-state index contributed by atoms with van der Waals surface area (Å²) in [6.07, 6.45) is 1.87. The minimum absolute atomic E-state index is 0.208. The van der Waals surface area contributed by atoms with Crippen molar-refractivity contribution in [2.75, 3.05) is 20.3 Å². The van der Waals surface area contributed by atoms with Crippen LogP contribution in [-0.2, 0) is 11.3 Å². The van der Waals surface area contributed by atoms with E-state index >= 15 is 0 Å². The van der Waals surface area contributed by atoms with E-state index in [9.17, 15) is 14.3 Å². The number of halogens is 1. The standard InChI is InChI=1S/C15H18FNO3S/c1-20-8-3-2-7-17-9-10-13-11(16)5-4-6-12(13)21-14(10)15(18)19/h4-6,17H,2-3,7-9H2,1H3,(H,18,19). The fraction of sp³-hybridized carbons (Fsp3) is 0.400. The van der Waals surface area contributed by atoms with E-state index in [0.29, 0.717) is 28.8 Å². The van der Waals surface area contributed by atoms with Gasteiger partial charge in [-0.05, 0) is 31.5 Å². The number of hydrogen-bond donors (Lipinski definition) is 2. The van der Waals surface area contributed by atoms with Crippen molar-refractivity contribution in [3.05, 3.63) is 34.5 Å². The van der Waals surface area contributed by atoms with Crippen LogP contribution in [0.15, 0.2) is 18.2 Å². The van der Waals surface area contributed by atoms with Crippen molar-refractivity contribution < 1.29 is 19.0 Å². The first-order valence-electron chi connectivity index (χ1n) is 6.78. The van der Waals surface area contributed by atoms with E-state index in [1.54, 1.807) is 19.2 Å². The first-order valence-corrected chi connectivity index (χ1v) is 7.59. The largest absolute Gasteiger partial charge is 0.477 e. The molecular weight excluding hydrogens is 293 g/mol. The Morgan fingerprint density at radius 3 is 2.95 bits per heavy atom. The number of thiophene rings is 1. The maximum atomic E-state index is 14.0. The Kier molecular flexibility index (Phi) is 5.67. The second-order valence-electron chi connectivity index (χ2n) is 4.70. The number of aromatic carboxylic acids is 1. The number of benzene rings is 1. The molecule has 0 aliphatic rings. The Morgan fingerprint density at radius 2 is 2.24 bits per heavy atom. The summed E-state index contributed by atoms with van der Waals surface area (Å²) in [4.78, 5) is 11.5. The van der Waals surface area contributed by atoms with Crippen molar-refractivity contribution in [2.45, 2.75) is 19.4 Å². The van der Waals surface area contributed by atoms with Gasteiger partial charge >= 0.3 is 5.97 Å². The predicted molar refractivity (Wildman–Crippen MR) is 81.6 cm³/mol. The highest BCUT2D eigenvalue weighted by atomic mass is 32.1. The number of nitrogens with one attached hydrogen (secondary N) is 1. The first kappa shape index (κ1) is 15.9. The fourth-order valence-electron chi connectivity index (χ4n) is 2.22. The predicted octanol–water partition coefficient (Wildman–Crippen LogP) is 3.25. The number of hydrogen-bond acceptors (Lipinski definition) is 4. The van der Waals surface area contributed by atoms with Gasteiger partial charge in [-0.3, -0.25) is 0 Å². The highest BCUT2D eigenvalue weighted by molar-refractivity contribution is 7.21. The third kappa shape index (κ3) is 3.78. The Labute approximate surface area is 126 Å². The summed E-state index contributed by atoms with van der Waals surface area (Å²) in [5.74, 6) is -1.38. The topological polar surface area (TPSA) is 58.6 Å². The van der Waals surface area contributed by atoms with Crippen LogP contribution in [0, 0.1) is 5.82 Å². The van der Waals surface area contributed by atoms with Crippen LogP contribution >= 0.6 is 11.3 Å².